The van der Waals surface area contributed by atoms with Gasteiger partial charge in [-0.2, -0.15) is 5.26 Å². The van der Waals surface area contributed by atoms with Crippen molar-refractivity contribution in [1.29, 1.82) is 5.26 Å². The van der Waals surface area contributed by atoms with Crippen molar-refractivity contribution >= 4 is 120 Å². The van der Waals surface area contributed by atoms with E-state index in [0.717, 1.165) is 113 Å². The van der Waals surface area contributed by atoms with Crippen LogP contribution in [-0.2, 0) is 4.79 Å². The molecule has 8 rings (SSSR count). The molecule has 0 atom stereocenters. The topological polar surface area (TPSA) is 101 Å². The van der Waals surface area contributed by atoms with Gasteiger partial charge in [-0.25, -0.2) is 4.79 Å². The molecule has 0 saturated heterocycles. The molecule has 8 aromatic rings. The van der Waals surface area contributed by atoms with Crippen molar-refractivity contribution in [2.24, 2.45) is 0 Å². The second-order valence-electron chi connectivity index (χ2n) is 17.2. The van der Waals surface area contributed by atoms with Crippen LogP contribution in [0, 0.1) is 18.3 Å². The number of aliphatic carboxylic acids is 1. The summed E-state index contributed by atoms with van der Waals surface area (Å²) in [7, 11) is 0. The van der Waals surface area contributed by atoms with Crippen molar-refractivity contribution in [3.63, 3.8) is 0 Å². The highest BCUT2D eigenvalue weighted by Crippen LogP contribution is 2.57. The van der Waals surface area contributed by atoms with Crippen LogP contribution >= 0.6 is 61.3 Å². The molecule has 8 nitrogen and oxygen atoms in total. The Kier molecular flexibility index (Phi) is 17.6. The third-order valence-corrected chi connectivity index (χ3v) is 18.1. The summed E-state index contributed by atoms with van der Waals surface area (Å²) in [6, 6.07) is 31.8. The number of nitriles is 1. The first-order valence-electron chi connectivity index (χ1n) is 24.4. The molecule has 0 saturated carbocycles. The number of halogens is 1. The zero-order chi connectivity index (χ0) is 49.1. The highest BCUT2D eigenvalue weighted by molar-refractivity contribution is 9.10. The molecular weight excluding hydrogens is 1020 g/mol. The molecule has 13 heteroatoms. The maximum atomic E-state index is 11.8. The monoisotopic (exact) mass is 1070 g/mol. The molecule has 4 aromatic heterocycles. The minimum Gasteiger partial charge on any atom is -0.494 e. The second kappa shape index (κ2) is 24.2. The van der Waals surface area contributed by atoms with Crippen molar-refractivity contribution < 1.29 is 28.8 Å². The Morgan fingerprint density at radius 3 is 1.74 bits per heavy atom. The molecule has 0 unspecified atom stereocenters. The lowest BCUT2D eigenvalue weighted by molar-refractivity contribution is -0.132. The fourth-order valence-corrected chi connectivity index (χ4v) is 14.5. The van der Waals surface area contributed by atoms with E-state index >= 15 is 0 Å². The van der Waals surface area contributed by atoms with Gasteiger partial charge >= 0.3 is 5.97 Å². The lowest BCUT2D eigenvalue weighted by atomic mass is 10.1. The zero-order valence-electron chi connectivity index (χ0n) is 40.5. The smallest absolute Gasteiger partial charge is 0.346 e. The number of thiophene rings is 4. The largest absolute Gasteiger partial charge is 0.494 e. The van der Waals surface area contributed by atoms with E-state index in [2.05, 4.69) is 134 Å². The van der Waals surface area contributed by atoms with Crippen molar-refractivity contribution in [2.45, 2.75) is 98.8 Å². The van der Waals surface area contributed by atoms with E-state index in [1.807, 2.05) is 23.5 Å². The molecule has 4 aromatic carbocycles. The summed E-state index contributed by atoms with van der Waals surface area (Å²) < 4.78 is 30.6. The predicted molar refractivity (Wildman–Crippen MR) is 301 cm³/mol. The van der Waals surface area contributed by atoms with Gasteiger partial charge in [0, 0.05) is 51.0 Å². The number of carboxylic acids is 1. The number of rotatable bonds is 25. The summed E-state index contributed by atoms with van der Waals surface area (Å²) >= 11 is 10.7. The van der Waals surface area contributed by atoms with Gasteiger partial charge in [-0.15, -0.1) is 45.3 Å². The van der Waals surface area contributed by atoms with E-state index in [9.17, 15) is 15.2 Å². The van der Waals surface area contributed by atoms with Crippen molar-refractivity contribution in [1.82, 2.24) is 0 Å². The van der Waals surface area contributed by atoms with E-state index in [1.165, 1.54) is 81.3 Å². The van der Waals surface area contributed by atoms with Crippen LogP contribution in [0.1, 0.15) is 102 Å². The number of benzene rings is 4. The molecule has 0 amide bonds. The molecule has 4 heterocycles. The highest BCUT2D eigenvalue weighted by Gasteiger charge is 2.27. The SMILES string of the molecule is CCCCCCOc1ccc(N(c2ccc(OCCCCCC)cc2)c2ccc(-c3sc4cc(-c5sc6c(OCCC)c7cc(/C=C(/C#N)C(=O)O)sc7c(OCCC)c6c5Br)sc4c3C)cc2)cc1. The molecule has 0 aliphatic carbocycles. The first-order chi connectivity index (χ1) is 34.2. The summed E-state index contributed by atoms with van der Waals surface area (Å²) in [4.78, 5) is 18.2. The van der Waals surface area contributed by atoms with Crippen LogP contribution in [0.5, 0.6) is 23.0 Å². The van der Waals surface area contributed by atoms with Gasteiger partial charge in [0.15, 0.2) is 0 Å². The second-order valence-corrected chi connectivity index (χ2v) is 22.2. The fraction of sp³-hybridized carbons (Fsp3) is 0.333. The van der Waals surface area contributed by atoms with Crippen LogP contribution < -0.4 is 23.8 Å². The predicted octanol–water partition coefficient (Wildman–Crippen LogP) is 18.8. The Morgan fingerprint density at radius 1 is 0.643 bits per heavy atom. The lowest BCUT2D eigenvalue weighted by Gasteiger charge is -2.26. The standard InChI is InChI=1S/C57H59BrN2O6S4/c1-6-10-12-14-30-63-42-24-20-40(21-25-42)60(41-22-26-43(27-23-41)64-31-15-13-11-7-2)39-18-16-37(17-19-39)52-36(5)53-46(68-52)34-47(69-53)55-49(58)48-51(66-29-9-4)54-45(50(56(48)70-55)65-28-8-3)33-44(67-54)32-38(35-59)57(61)62/h16-27,32-34H,6-15,28-31H2,1-5H3,(H,61,62)/b38-32-. The van der Waals surface area contributed by atoms with Crippen LogP contribution in [0.4, 0.5) is 17.1 Å². The van der Waals surface area contributed by atoms with Gasteiger partial charge in [0.1, 0.15) is 34.6 Å². The summed E-state index contributed by atoms with van der Waals surface area (Å²) in [6.45, 7) is 13.3. The number of ether oxygens (including phenoxy) is 4. The van der Waals surface area contributed by atoms with Crippen LogP contribution in [0.3, 0.4) is 0 Å². The Labute approximate surface area is 435 Å². The average molecular weight is 1080 g/mol. The number of hydrogen-bond acceptors (Lipinski definition) is 11. The maximum absolute atomic E-state index is 11.8. The van der Waals surface area contributed by atoms with E-state index in [1.54, 1.807) is 22.7 Å². The van der Waals surface area contributed by atoms with E-state index in [0.29, 0.717) is 18.1 Å². The van der Waals surface area contributed by atoms with E-state index < -0.39 is 5.97 Å². The number of fused-ring (bicyclic) bond motifs is 3. The fourth-order valence-electron chi connectivity index (χ4n) is 8.38. The summed E-state index contributed by atoms with van der Waals surface area (Å²) in [6.07, 6.45) is 12.4. The number of nitrogens with zero attached hydrogens (tertiary/aromatic N) is 2. The number of carbonyl (C=O) groups is 1. The minimum absolute atomic E-state index is 0.323. The Balaban J connectivity index is 1.11. The molecule has 0 radical (unpaired) electrons. The molecular formula is C57H59BrN2O6S4. The van der Waals surface area contributed by atoms with Gasteiger partial charge in [-0.1, -0.05) is 78.4 Å². The van der Waals surface area contributed by atoms with Crippen LogP contribution in [-0.4, -0.2) is 37.5 Å². The van der Waals surface area contributed by atoms with Crippen molar-refractivity contribution in [3.05, 3.63) is 105 Å². The molecule has 1 N–H and O–H groups in total. The molecule has 0 aliphatic rings. The van der Waals surface area contributed by atoms with Crippen LogP contribution in [0.15, 0.2) is 95.0 Å². The highest BCUT2D eigenvalue weighted by atomic mass is 79.9. The molecule has 0 spiro atoms. The lowest BCUT2D eigenvalue weighted by Crippen LogP contribution is -2.10. The molecule has 364 valence electrons. The minimum atomic E-state index is -1.26. The molecule has 0 fully saturated rings. The zero-order valence-corrected chi connectivity index (χ0v) is 45.3. The third-order valence-electron chi connectivity index (χ3n) is 11.9. The molecule has 70 heavy (non-hydrogen) atoms. The number of aryl methyl sites for hydroxylation is 1. The van der Waals surface area contributed by atoms with Crippen LogP contribution in [0.2, 0.25) is 0 Å². The van der Waals surface area contributed by atoms with Crippen LogP contribution in [0.25, 0.3) is 55.8 Å². The summed E-state index contributed by atoms with van der Waals surface area (Å²) in [5.41, 5.74) is 5.26. The van der Waals surface area contributed by atoms with Gasteiger partial charge in [-0.05, 0) is 139 Å². The van der Waals surface area contributed by atoms with E-state index in [-0.39, 0.29) is 5.57 Å². The summed E-state index contributed by atoms with van der Waals surface area (Å²) in [5, 5.41) is 20.9. The normalized spacial score (nSPS) is 11.7. The quantitative estimate of drug-likeness (QED) is 0.0343. The first kappa shape index (κ1) is 51.0. The van der Waals surface area contributed by atoms with Gasteiger partial charge in [-0.3, -0.25) is 0 Å². The van der Waals surface area contributed by atoms with Crippen molar-refractivity contribution in [3.8, 4) is 49.3 Å². The molecule has 0 bridgehead atoms. The Hall–Kier alpha value is -5.36. The Morgan fingerprint density at radius 2 is 1.21 bits per heavy atom. The number of carboxylic acid groups (broad SMARTS) is 1. The van der Waals surface area contributed by atoms with Gasteiger partial charge in [0.05, 0.1) is 46.1 Å². The average Bonchev–Trinajstić information content (AvgIpc) is 4.15. The summed E-state index contributed by atoms with van der Waals surface area (Å²) in [5.74, 6) is 1.99. The number of hydrogen-bond donors (Lipinski definition) is 1. The maximum Gasteiger partial charge on any atom is 0.346 e. The van der Waals surface area contributed by atoms with Crippen molar-refractivity contribution in [2.75, 3.05) is 31.3 Å². The molecule has 0 aliphatic heterocycles. The van der Waals surface area contributed by atoms with E-state index in [4.69, 9.17) is 18.9 Å². The van der Waals surface area contributed by atoms with Gasteiger partial charge in [0.25, 0.3) is 0 Å². The van der Waals surface area contributed by atoms with Gasteiger partial charge < -0.3 is 29.0 Å². The van der Waals surface area contributed by atoms with Gasteiger partial charge in [0.2, 0.25) is 0 Å². The first-order valence-corrected chi connectivity index (χ1v) is 28.4. The third kappa shape index (κ3) is 11.4. The Bertz CT molecular complexity index is 3060. The number of anilines is 3. The number of unbranched alkanes of at least 4 members (excludes halogenated alkanes) is 6.